The van der Waals surface area contributed by atoms with Gasteiger partial charge in [0, 0.05) is 24.4 Å². The summed E-state index contributed by atoms with van der Waals surface area (Å²) < 4.78 is 88.7. The summed E-state index contributed by atoms with van der Waals surface area (Å²) in [4.78, 5) is 3.62. The van der Waals surface area contributed by atoms with Crippen LogP contribution in [0.1, 0.15) is 24.6 Å². The Bertz CT molecular complexity index is 770. The molecule has 2 aromatic rings. The van der Waals surface area contributed by atoms with Crippen molar-refractivity contribution < 1.29 is 35.8 Å². The number of hydrogen-bond donors (Lipinski definition) is 0. The zero-order chi connectivity index (χ0) is 20.0. The molecule has 2 rings (SSSR count). The Morgan fingerprint density at radius 2 is 1.81 bits per heavy atom. The van der Waals surface area contributed by atoms with Crippen molar-refractivity contribution in [3.63, 3.8) is 0 Å². The normalized spacial score (nSPS) is 12.0. The van der Waals surface area contributed by atoms with Crippen molar-refractivity contribution in [3.8, 4) is 11.5 Å². The minimum absolute atomic E-state index is 0.255. The standard InChI is InChI=1S/C18H15F6NO2/c1-2-3-11-4-5-15(25-10-11)18(23,24)27-12-8-13(19)17(14(20)9-12)26-7-6-16(21)22/h4-10,16H,2-3H2,1H3. The number of aryl methyl sites for hydroxylation is 1. The summed E-state index contributed by atoms with van der Waals surface area (Å²) in [5, 5.41) is 0. The van der Waals surface area contributed by atoms with E-state index in [0.29, 0.717) is 24.8 Å². The molecule has 0 aliphatic rings. The van der Waals surface area contributed by atoms with Gasteiger partial charge in [-0.25, -0.2) is 17.6 Å². The lowest BCUT2D eigenvalue weighted by atomic mass is 10.1. The Morgan fingerprint density at radius 1 is 1.15 bits per heavy atom. The molecule has 0 N–H and O–H groups in total. The van der Waals surface area contributed by atoms with Crippen molar-refractivity contribution in [2.75, 3.05) is 0 Å². The van der Waals surface area contributed by atoms with Gasteiger partial charge in [-0.1, -0.05) is 19.4 Å². The van der Waals surface area contributed by atoms with Crippen LogP contribution in [0, 0.1) is 11.6 Å². The maximum atomic E-state index is 14.2. The Kier molecular flexibility index (Phi) is 6.70. The number of halogens is 6. The second-order valence-electron chi connectivity index (χ2n) is 5.42. The van der Waals surface area contributed by atoms with Gasteiger partial charge in [-0.3, -0.25) is 4.98 Å². The van der Waals surface area contributed by atoms with E-state index in [1.807, 2.05) is 6.92 Å². The number of rotatable bonds is 8. The molecule has 0 radical (unpaired) electrons. The smallest absolute Gasteiger partial charge is 0.444 e. The van der Waals surface area contributed by atoms with Crippen LogP contribution in [0.25, 0.3) is 0 Å². The quantitative estimate of drug-likeness (QED) is 0.434. The molecule has 0 saturated heterocycles. The van der Waals surface area contributed by atoms with Gasteiger partial charge in [0.05, 0.1) is 6.26 Å². The molecule has 0 bridgehead atoms. The molecule has 0 unspecified atom stereocenters. The van der Waals surface area contributed by atoms with Crippen molar-refractivity contribution >= 4 is 0 Å². The van der Waals surface area contributed by atoms with E-state index in [9.17, 15) is 26.3 Å². The van der Waals surface area contributed by atoms with Gasteiger partial charge in [0.2, 0.25) is 0 Å². The van der Waals surface area contributed by atoms with Gasteiger partial charge in [0.15, 0.2) is 23.1 Å². The van der Waals surface area contributed by atoms with Crippen molar-refractivity contribution in [1.29, 1.82) is 0 Å². The third kappa shape index (κ3) is 5.63. The van der Waals surface area contributed by atoms with E-state index in [-0.39, 0.29) is 6.08 Å². The highest BCUT2D eigenvalue weighted by Crippen LogP contribution is 2.34. The average Bonchev–Trinajstić information content (AvgIpc) is 2.57. The Morgan fingerprint density at radius 3 is 2.33 bits per heavy atom. The minimum atomic E-state index is -3.94. The molecule has 0 atom stereocenters. The Balaban J connectivity index is 2.18. The Hall–Kier alpha value is -2.71. The van der Waals surface area contributed by atoms with Crippen LogP contribution in [0.3, 0.4) is 0 Å². The maximum absolute atomic E-state index is 14.2. The molecule has 0 aliphatic carbocycles. The van der Waals surface area contributed by atoms with E-state index < -0.39 is 41.4 Å². The van der Waals surface area contributed by atoms with Gasteiger partial charge in [0.25, 0.3) is 6.43 Å². The molecule has 1 aromatic carbocycles. The molecule has 0 aliphatic heterocycles. The topological polar surface area (TPSA) is 31.4 Å². The largest absolute Gasteiger partial charge is 0.459 e. The molecule has 0 saturated carbocycles. The first-order valence-electron chi connectivity index (χ1n) is 7.85. The number of alkyl halides is 4. The Labute approximate surface area is 151 Å². The number of ether oxygens (including phenoxy) is 2. The summed E-state index contributed by atoms with van der Waals surface area (Å²) in [6, 6.07) is 3.42. The summed E-state index contributed by atoms with van der Waals surface area (Å²) in [6.07, 6.45) is -3.43. The zero-order valence-corrected chi connectivity index (χ0v) is 14.1. The SMILES string of the molecule is CCCc1ccc(C(F)(F)Oc2cc(F)c(OC=CC(F)F)c(F)c2)nc1. The third-order valence-electron chi connectivity index (χ3n) is 3.29. The minimum Gasteiger partial charge on any atom is -0.459 e. The second kappa shape index (κ2) is 8.79. The molecule has 146 valence electrons. The molecule has 0 spiro atoms. The predicted molar refractivity (Wildman–Crippen MR) is 84.9 cm³/mol. The van der Waals surface area contributed by atoms with E-state index in [1.54, 1.807) is 0 Å². The predicted octanol–water partition coefficient (Wildman–Crippen LogP) is 5.60. The lowest BCUT2D eigenvalue weighted by Crippen LogP contribution is -2.23. The van der Waals surface area contributed by atoms with E-state index in [1.165, 1.54) is 12.3 Å². The second-order valence-corrected chi connectivity index (χ2v) is 5.42. The molecule has 3 nitrogen and oxygen atoms in total. The lowest BCUT2D eigenvalue weighted by Gasteiger charge is -2.18. The molecule has 9 heteroatoms. The highest BCUT2D eigenvalue weighted by atomic mass is 19.3. The highest BCUT2D eigenvalue weighted by Gasteiger charge is 2.37. The molecule has 27 heavy (non-hydrogen) atoms. The maximum Gasteiger partial charge on any atom is 0.444 e. The monoisotopic (exact) mass is 391 g/mol. The fourth-order valence-electron chi connectivity index (χ4n) is 2.11. The molecule has 1 heterocycles. The van der Waals surface area contributed by atoms with Gasteiger partial charge in [0.1, 0.15) is 5.75 Å². The van der Waals surface area contributed by atoms with Gasteiger partial charge in [-0.2, -0.15) is 8.78 Å². The van der Waals surface area contributed by atoms with Gasteiger partial charge >= 0.3 is 6.11 Å². The third-order valence-corrected chi connectivity index (χ3v) is 3.29. The van der Waals surface area contributed by atoms with Gasteiger partial charge in [-0.05, 0) is 18.1 Å². The molecule has 0 amide bonds. The van der Waals surface area contributed by atoms with Crippen LogP contribution in [0.15, 0.2) is 42.8 Å². The number of pyridine rings is 1. The van der Waals surface area contributed by atoms with E-state index in [0.717, 1.165) is 18.1 Å². The molecule has 1 aromatic heterocycles. The number of nitrogens with zero attached hydrogens (tertiary/aromatic N) is 1. The highest BCUT2D eigenvalue weighted by molar-refractivity contribution is 5.36. The van der Waals surface area contributed by atoms with Crippen LogP contribution in [-0.2, 0) is 12.5 Å². The van der Waals surface area contributed by atoms with Crippen LogP contribution >= 0.6 is 0 Å². The average molecular weight is 391 g/mol. The van der Waals surface area contributed by atoms with Crippen LogP contribution in [0.4, 0.5) is 26.3 Å². The summed E-state index contributed by atoms with van der Waals surface area (Å²) in [5.74, 6) is -4.64. The van der Waals surface area contributed by atoms with Crippen molar-refractivity contribution in [2.24, 2.45) is 0 Å². The van der Waals surface area contributed by atoms with Gasteiger partial charge in [-0.15, -0.1) is 0 Å². The van der Waals surface area contributed by atoms with Crippen LogP contribution in [0.2, 0.25) is 0 Å². The van der Waals surface area contributed by atoms with Crippen molar-refractivity contribution in [1.82, 2.24) is 4.98 Å². The van der Waals surface area contributed by atoms with Crippen LogP contribution < -0.4 is 9.47 Å². The number of allylic oxidation sites excluding steroid dienone is 1. The first-order valence-corrected chi connectivity index (χ1v) is 7.85. The number of benzene rings is 1. The summed E-state index contributed by atoms with van der Waals surface area (Å²) in [5.41, 5.74) is 0.0239. The summed E-state index contributed by atoms with van der Waals surface area (Å²) in [6.45, 7) is 1.92. The van der Waals surface area contributed by atoms with Crippen molar-refractivity contribution in [2.45, 2.75) is 32.3 Å². The van der Waals surface area contributed by atoms with E-state index in [4.69, 9.17) is 0 Å². The first-order chi connectivity index (χ1) is 12.7. The fraction of sp³-hybridized carbons (Fsp3) is 0.278. The fourth-order valence-corrected chi connectivity index (χ4v) is 2.11. The van der Waals surface area contributed by atoms with Crippen LogP contribution in [-0.4, -0.2) is 11.4 Å². The van der Waals surface area contributed by atoms with E-state index >= 15 is 0 Å². The lowest BCUT2D eigenvalue weighted by molar-refractivity contribution is -0.188. The van der Waals surface area contributed by atoms with E-state index in [2.05, 4.69) is 14.5 Å². The molecular weight excluding hydrogens is 376 g/mol. The van der Waals surface area contributed by atoms with Crippen LogP contribution in [0.5, 0.6) is 11.5 Å². The van der Waals surface area contributed by atoms with Crippen molar-refractivity contribution in [3.05, 3.63) is 65.7 Å². The number of aromatic nitrogens is 1. The zero-order valence-electron chi connectivity index (χ0n) is 14.1. The molecular formula is C18H15F6NO2. The van der Waals surface area contributed by atoms with Gasteiger partial charge < -0.3 is 9.47 Å². The number of hydrogen-bond acceptors (Lipinski definition) is 3. The first kappa shape index (κ1) is 20.6. The summed E-state index contributed by atoms with van der Waals surface area (Å²) in [7, 11) is 0. The molecule has 0 fully saturated rings. The summed E-state index contributed by atoms with van der Waals surface area (Å²) >= 11 is 0.